The molecular weight excluding hydrogens is 520 g/mol. The number of benzene rings is 2. The SMILES string of the molecule is C=CC(=O)Nc1cc(Nc2cc(N3OCC[C@@H]3c3cccc(C#N)c3)ncn2)c(OC)cc1N1CCN(CC)CC1. The van der Waals surface area contributed by atoms with Crippen LogP contribution in [0.15, 0.2) is 61.4 Å². The fourth-order valence-corrected chi connectivity index (χ4v) is 5.17. The Bertz CT molecular complexity index is 1450. The third kappa shape index (κ3) is 6.24. The van der Waals surface area contributed by atoms with Gasteiger partial charge >= 0.3 is 0 Å². The zero-order chi connectivity index (χ0) is 28.8. The Hall–Kier alpha value is -4.66. The predicted molar refractivity (Wildman–Crippen MR) is 158 cm³/mol. The summed E-state index contributed by atoms with van der Waals surface area (Å²) in [7, 11) is 1.62. The van der Waals surface area contributed by atoms with Crippen LogP contribution in [0.4, 0.5) is 28.7 Å². The van der Waals surface area contributed by atoms with Gasteiger partial charge in [-0.25, -0.2) is 15.0 Å². The van der Waals surface area contributed by atoms with Crippen molar-refractivity contribution in [2.24, 2.45) is 0 Å². The molecule has 1 atom stereocenters. The number of likely N-dealkylation sites (N-methyl/N-ethyl adjacent to an activating group) is 1. The highest BCUT2D eigenvalue weighted by atomic mass is 16.7. The van der Waals surface area contributed by atoms with Crippen molar-refractivity contribution < 1.29 is 14.4 Å². The monoisotopic (exact) mass is 554 g/mol. The van der Waals surface area contributed by atoms with Gasteiger partial charge in [-0.1, -0.05) is 25.6 Å². The first-order valence-electron chi connectivity index (χ1n) is 13.7. The minimum atomic E-state index is -0.295. The number of ether oxygens (including phenoxy) is 1. The lowest BCUT2D eigenvalue weighted by molar-refractivity contribution is -0.111. The molecule has 11 nitrogen and oxygen atoms in total. The molecule has 3 aromatic rings. The quantitative estimate of drug-likeness (QED) is 0.372. The second-order valence-corrected chi connectivity index (χ2v) is 9.77. The van der Waals surface area contributed by atoms with E-state index < -0.39 is 0 Å². The van der Waals surface area contributed by atoms with Crippen molar-refractivity contribution in [1.29, 1.82) is 5.26 Å². The van der Waals surface area contributed by atoms with Crippen LogP contribution in [0, 0.1) is 11.3 Å². The summed E-state index contributed by atoms with van der Waals surface area (Å²) >= 11 is 0. The molecule has 212 valence electrons. The van der Waals surface area contributed by atoms with Crippen LogP contribution in [-0.2, 0) is 9.63 Å². The van der Waals surface area contributed by atoms with Crippen molar-refractivity contribution in [3.05, 3.63) is 72.6 Å². The van der Waals surface area contributed by atoms with Gasteiger partial charge in [0.1, 0.15) is 17.9 Å². The van der Waals surface area contributed by atoms with Gasteiger partial charge in [-0.05, 0) is 36.4 Å². The van der Waals surface area contributed by atoms with Crippen LogP contribution in [0.3, 0.4) is 0 Å². The Morgan fingerprint density at radius 3 is 2.76 bits per heavy atom. The van der Waals surface area contributed by atoms with E-state index in [4.69, 9.17) is 9.57 Å². The number of aromatic nitrogens is 2. The molecule has 2 saturated heterocycles. The molecule has 11 heteroatoms. The number of hydroxylamine groups is 1. The summed E-state index contributed by atoms with van der Waals surface area (Å²) < 4.78 is 5.77. The summed E-state index contributed by atoms with van der Waals surface area (Å²) in [4.78, 5) is 31.8. The van der Waals surface area contributed by atoms with E-state index in [-0.39, 0.29) is 11.9 Å². The number of hydrogen-bond donors (Lipinski definition) is 2. The molecule has 0 spiro atoms. The first kappa shape index (κ1) is 27.9. The Morgan fingerprint density at radius 1 is 1.20 bits per heavy atom. The summed E-state index contributed by atoms with van der Waals surface area (Å²) in [6, 6.07) is 15.2. The molecule has 0 bridgehead atoms. The van der Waals surface area contributed by atoms with Crippen molar-refractivity contribution in [2.45, 2.75) is 19.4 Å². The Morgan fingerprint density at radius 2 is 2.02 bits per heavy atom. The minimum Gasteiger partial charge on any atom is -0.494 e. The lowest BCUT2D eigenvalue weighted by Crippen LogP contribution is -2.46. The first-order valence-corrected chi connectivity index (χ1v) is 13.7. The maximum atomic E-state index is 12.4. The number of methoxy groups -OCH3 is 1. The summed E-state index contributed by atoms with van der Waals surface area (Å²) in [5.74, 6) is 1.42. The van der Waals surface area contributed by atoms with Gasteiger partial charge in [0.2, 0.25) is 5.91 Å². The number of hydrogen-bond acceptors (Lipinski definition) is 10. The topological polar surface area (TPSA) is 119 Å². The number of amides is 1. The van der Waals surface area contributed by atoms with Crippen LogP contribution < -0.4 is 25.3 Å². The number of carbonyl (C=O) groups excluding carboxylic acids is 1. The molecule has 0 saturated carbocycles. The molecule has 3 heterocycles. The number of nitrogens with one attached hydrogen (secondary N) is 2. The van der Waals surface area contributed by atoms with Crippen molar-refractivity contribution in [1.82, 2.24) is 14.9 Å². The van der Waals surface area contributed by atoms with Crippen LogP contribution >= 0.6 is 0 Å². The van der Waals surface area contributed by atoms with E-state index in [9.17, 15) is 10.1 Å². The molecule has 2 aliphatic rings. The zero-order valence-corrected chi connectivity index (χ0v) is 23.3. The zero-order valence-electron chi connectivity index (χ0n) is 23.3. The number of anilines is 5. The summed E-state index contributed by atoms with van der Waals surface area (Å²) in [6.45, 7) is 10.9. The van der Waals surface area contributed by atoms with Crippen LogP contribution in [0.2, 0.25) is 0 Å². The molecule has 0 aliphatic carbocycles. The smallest absolute Gasteiger partial charge is 0.247 e. The Kier molecular flexibility index (Phi) is 8.62. The largest absolute Gasteiger partial charge is 0.494 e. The molecule has 2 fully saturated rings. The highest BCUT2D eigenvalue weighted by Gasteiger charge is 2.29. The lowest BCUT2D eigenvalue weighted by Gasteiger charge is -2.36. The van der Waals surface area contributed by atoms with Gasteiger partial charge in [-0.3, -0.25) is 9.63 Å². The summed E-state index contributed by atoms with van der Waals surface area (Å²) in [5.41, 5.74) is 3.75. The average molecular weight is 555 g/mol. The van der Waals surface area contributed by atoms with E-state index in [1.807, 2.05) is 30.3 Å². The van der Waals surface area contributed by atoms with E-state index >= 15 is 0 Å². The molecule has 5 rings (SSSR count). The number of nitrogens with zero attached hydrogens (tertiary/aromatic N) is 6. The van der Waals surface area contributed by atoms with Crippen molar-refractivity contribution in [3.8, 4) is 11.8 Å². The number of carbonyl (C=O) groups is 1. The lowest BCUT2D eigenvalue weighted by atomic mass is 10.0. The Balaban J connectivity index is 1.43. The first-order chi connectivity index (χ1) is 20.0. The van der Waals surface area contributed by atoms with E-state index in [0.717, 1.165) is 50.4 Å². The van der Waals surface area contributed by atoms with Gasteiger partial charge in [0.25, 0.3) is 0 Å². The third-order valence-corrected chi connectivity index (χ3v) is 7.37. The van der Waals surface area contributed by atoms with Crippen molar-refractivity contribution in [3.63, 3.8) is 0 Å². The van der Waals surface area contributed by atoms with Crippen LogP contribution in [0.5, 0.6) is 5.75 Å². The van der Waals surface area contributed by atoms with Crippen LogP contribution in [-0.4, -0.2) is 67.2 Å². The standard InChI is InChI=1S/C30H34N8O3/c1-4-30(39)35-23-16-24(27(40-3)17-26(23)37-12-10-36(5-2)11-13-37)34-28-18-29(33-20-32-28)38-25(9-14-41-38)22-8-6-7-21(15-22)19-31/h4,6-8,15-18,20,25H,1,5,9-14H2,2-3H3,(H,35,39)(H,32,33,34)/t25-/m1/s1. The fourth-order valence-electron chi connectivity index (χ4n) is 5.17. The predicted octanol–water partition coefficient (Wildman–Crippen LogP) is 4.25. The molecule has 2 aliphatic heterocycles. The van der Waals surface area contributed by atoms with Gasteiger partial charge < -0.3 is 25.2 Å². The third-order valence-electron chi connectivity index (χ3n) is 7.37. The van der Waals surface area contributed by atoms with Gasteiger partial charge in [-0.15, -0.1) is 0 Å². The van der Waals surface area contributed by atoms with E-state index in [0.29, 0.717) is 40.9 Å². The molecule has 2 N–H and O–H groups in total. The van der Waals surface area contributed by atoms with Gasteiger partial charge in [0.15, 0.2) is 5.82 Å². The number of rotatable bonds is 9. The average Bonchev–Trinajstić information content (AvgIpc) is 3.52. The van der Waals surface area contributed by atoms with E-state index in [1.165, 1.54) is 12.4 Å². The molecule has 2 aromatic carbocycles. The second kappa shape index (κ2) is 12.7. The van der Waals surface area contributed by atoms with Crippen LogP contribution in [0.1, 0.15) is 30.5 Å². The van der Waals surface area contributed by atoms with Gasteiger partial charge in [0, 0.05) is 44.7 Å². The highest BCUT2D eigenvalue weighted by Crippen LogP contribution is 2.40. The van der Waals surface area contributed by atoms with Gasteiger partial charge in [-0.2, -0.15) is 5.26 Å². The molecule has 0 unspecified atom stereocenters. The second-order valence-electron chi connectivity index (χ2n) is 9.77. The van der Waals surface area contributed by atoms with Crippen molar-refractivity contribution >= 4 is 34.6 Å². The van der Waals surface area contributed by atoms with Crippen molar-refractivity contribution in [2.75, 3.05) is 67.0 Å². The summed E-state index contributed by atoms with van der Waals surface area (Å²) in [5, 5.41) is 17.4. The molecule has 1 amide bonds. The molecule has 41 heavy (non-hydrogen) atoms. The Labute approximate surface area is 240 Å². The number of nitriles is 1. The molecule has 1 aromatic heterocycles. The normalized spacial score (nSPS) is 17.1. The minimum absolute atomic E-state index is 0.0891. The van der Waals surface area contributed by atoms with E-state index in [2.05, 4.69) is 50.0 Å². The van der Waals surface area contributed by atoms with Crippen LogP contribution in [0.25, 0.3) is 0 Å². The molecular formula is C30H34N8O3. The fraction of sp³-hybridized carbons (Fsp3) is 0.333. The molecule has 0 radical (unpaired) electrons. The van der Waals surface area contributed by atoms with Gasteiger partial charge in [0.05, 0.1) is 48.5 Å². The number of piperazine rings is 1. The maximum Gasteiger partial charge on any atom is 0.247 e. The summed E-state index contributed by atoms with van der Waals surface area (Å²) in [6.07, 6.45) is 3.48. The van der Waals surface area contributed by atoms with E-state index in [1.54, 1.807) is 24.3 Å². The maximum absolute atomic E-state index is 12.4. The highest BCUT2D eigenvalue weighted by molar-refractivity contribution is 6.02.